The normalized spacial score (nSPS) is 18.7. The second-order valence-corrected chi connectivity index (χ2v) is 4.73. The lowest BCUT2D eigenvalue weighted by Gasteiger charge is -2.42. The lowest BCUT2D eigenvalue weighted by atomic mass is 9.97. The maximum absolute atomic E-state index is 11.9. The highest BCUT2D eigenvalue weighted by Crippen LogP contribution is 2.28. The highest BCUT2D eigenvalue weighted by atomic mass is 16.2. The van der Waals surface area contributed by atoms with Crippen LogP contribution in [0.4, 0.5) is 5.69 Å². The van der Waals surface area contributed by atoms with Gasteiger partial charge in [-0.3, -0.25) is 19.9 Å². The van der Waals surface area contributed by atoms with Gasteiger partial charge in [0.05, 0.1) is 18.4 Å². The van der Waals surface area contributed by atoms with Crippen molar-refractivity contribution in [2.75, 3.05) is 11.4 Å². The van der Waals surface area contributed by atoms with Crippen LogP contribution in [0.3, 0.4) is 0 Å². The SMILES string of the molecule is CC1(C)C(=O)NC(=O)CN1c1cnccc1CN. The second kappa shape index (κ2) is 4.38. The molecule has 6 nitrogen and oxygen atoms in total. The Morgan fingerprint density at radius 3 is 2.89 bits per heavy atom. The Morgan fingerprint density at radius 1 is 1.50 bits per heavy atom. The zero-order valence-corrected chi connectivity index (χ0v) is 10.4. The number of imide groups is 1. The van der Waals surface area contributed by atoms with Crippen LogP contribution in [-0.4, -0.2) is 28.9 Å². The van der Waals surface area contributed by atoms with Crippen LogP contribution in [0.25, 0.3) is 0 Å². The first-order chi connectivity index (χ1) is 8.46. The first kappa shape index (κ1) is 12.5. The third-order valence-electron chi connectivity index (χ3n) is 3.18. The predicted molar refractivity (Wildman–Crippen MR) is 66.7 cm³/mol. The molecular formula is C12H16N4O2. The van der Waals surface area contributed by atoms with Crippen LogP contribution >= 0.6 is 0 Å². The molecule has 3 N–H and O–H groups in total. The summed E-state index contributed by atoms with van der Waals surface area (Å²) in [5.74, 6) is -0.628. The summed E-state index contributed by atoms with van der Waals surface area (Å²) in [5.41, 5.74) is 6.46. The maximum Gasteiger partial charge on any atom is 0.251 e. The van der Waals surface area contributed by atoms with Crippen molar-refractivity contribution in [3.05, 3.63) is 24.0 Å². The van der Waals surface area contributed by atoms with Crippen molar-refractivity contribution >= 4 is 17.5 Å². The number of rotatable bonds is 2. The monoisotopic (exact) mass is 248 g/mol. The second-order valence-electron chi connectivity index (χ2n) is 4.73. The summed E-state index contributed by atoms with van der Waals surface area (Å²) in [7, 11) is 0. The quantitative estimate of drug-likeness (QED) is 0.706. The van der Waals surface area contributed by atoms with E-state index < -0.39 is 5.54 Å². The third kappa shape index (κ3) is 1.95. The van der Waals surface area contributed by atoms with Crippen LogP contribution in [-0.2, 0) is 16.1 Å². The molecule has 1 aliphatic rings. The van der Waals surface area contributed by atoms with E-state index in [-0.39, 0.29) is 18.4 Å². The molecule has 1 aromatic heterocycles. The van der Waals surface area contributed by atoms with Gasteiger partial charge in [0, 0.05) is 12.7 Å². The summed E-state index contributed by atoms with van der Waals surface area (Å²) in [6, 6.07) is 1.79. The van der Waals surface area contributed by atoms with Gasteiger partial charge >= 0.3 is 0 Å². The lowest BCUT2D eigenvalue weighted by Crippen LogP contribution is -2.64. The van der Waals surface area contributed by atoms with Crippen molar-refractivity contribution in [3.63, 3.8) is 0 Å². The van der Waals surface area contributed by atoms with Gasteiger partial charge in [-0.15, -0.1) is 0 Å². The molecular weight excluding hydrogens is 232 g/mol. The fraction of sp³-hybridized carbons (Fsp3) is 0.417. The molecule has 96 valence electrons. The van der Waals surface area contributed by atoms with E-state index in [0.717, 1.165) is 11.3 Å². The van der Waals surface area contributed by atoms with E-state index in [1.165, 1.54) is 0 Å². The van der Waals surface area contributed by atoms with Crippen molar-refractivity contribution in [1.82, 2.24) is 10.3 Å². The number of pyridine rings is 1. The summed E-state index contributed by atoms with van der Waals surface area (Å²) in [4.78, 5) is 29.2. The number of carbonyl (C=O) groups is 2. The van der Waals surface area contributed by atoms with E-state index in [9.17, 15) is 9.59 Å². The van der Waals surface area contributed by atoms with Gasteiger partial charge in [-0.2, -0.15) is 0 Å². The lowest BCUT2D eigenvalue weighted by molar-refractivity contribution is -0.135. The van der Waals surface area contributed by atoms with Gasteiger partial charge in [0.2, 0.25) is 5.91 Å². The molecule has 0 aromatic carbocycles. The van der Waals surface area contributed by atoms with Gasteiger partial charge in [0.1, 0.15) is 5.54 Å². The highest BCUT2D eigenvalue weighted by Gasteiger charge is 2.41. The molecule has 1 aliphatic heterocycles. The predicted octanol–water partition coefficient (Wildman–Crippen LogP) is -0.218. The molecule has 0 spiro atoms. The number of nitrogens with one attached hydrogen (secondary N) is 1. The Balaban J connectivity index is 2.47. The van der Waals surface area contributed by atoms with E-state index in [0.29, 0.717) is 6.54 Å². The van der Waals surface area contributed by atoms with E-state index in [4.69, 9.17) is 5.73 Å². The van der Waals surface area contributed by atoms with Crippen LogP contribution in [0.5, 0.6) is 0 Å². The average molecular weight is 248 g/mol. The molecule has 1 aromatic rings. The molecule has 1 fully saturated rings. The van der Waals surface area contributed by atoms with Crippen LogP contribution in [0, 0.1) is 0 Å². The first-order valence-electron chi connectivity index (χ1n) is 5.71. The highest BCUT2D eigenvalue weighted by molar-refractivity contribution is 6.06. The van der Waals surface area contributed by atoms with Gasteiger partial charge in [0.15, 0.2) is 0 Å². The van der Waals surface area contributed by atoms with E-state index >= 15 is 0 Å². The Hall–Kier alpha value is -1.95. The molecule has 2 heterocycles. The van der Waals surface area contributed by atoms with Gasteiger partial charge in [-0.05, 0) is 25.5 Å². The fourth-order valence-electron chi connectivity index (χ4n) is 2.00. The van der Waals surface area contributed by atoms with Gasteiger partial charge in [-0.1, -0.05) is 0 Å². The average Bonchev–Trinajstić information content (AvgIpc) is 2.34. The molecule has 1 saturated heterocycles. The zero-order valence-electron chi connectivity index (χ0n) is 10.4. The minimum Gasteiger partial charge on any atom is -0.347 e. The van der Waals surface area contributed by atoms with Crippen molar-refractivity contribution in [3.8, 4) is 0 Å². The number of nitrogens with two attached hydrogens (primary N) is 1. The van der Waals surface area contributed by atoms with Crippen LogP contribution in [0.15, 0.2) is 18.5 Å². The molecule has 0 atom stereocenters. The molecule has 0 radical (unpaired) electrons. The molecule has 0 saturated carbocycles. The number of aromatic nitrogens is 1. The van der Waals surface area contributed by atoms with Crippen molar-refractivity contribution in [2.45, 2.75) is 25.9 Å². The minimum absolute atomic E-state index is 0.122. The van der Waals surface area contributed by atoms with E-state index in [1.807, 2.05) is 0 Å². The summed E-state index contributed by atoms with van der Waals surface area (Å²) >= 11 is 0. The van der Waals surface area contributed by atoms with Crippen molar-refractivity contribution < 1.29 is 9.59 Å². The Labute approximate surface area is 105 Å². The molecule has 2 amide bonds. The smallest absolute Gasteiger partial charge is 0.251 e. The Morgan fingerprint density at radius 2 is 2.22 bits per heavy atom. The third-order valence-corrected chi connectivity index (χ3v) is 3.18. The molecule has 18 heavy (non-hydrogen) atoms. The standard InChI is InChI=1S/C12H16N4O2/c1-12(2)11(18)15-10(17)7-16(12)9-6-14-4-3-8(9)5-13/h3-4,6H,5,7,13H2,1-2H3,(H,15,17,18). The summed E-state index contributed by atoms with van der Waals surface area (Å²) in [6.45, 7) is 3.99. The van der Waals surface area contributed by atoms with Crippen LogP contribution in [0.1, 0.15) is 19.4 Å². The number of piperazine rings is 1. The number of nitrogens with zero attached hydrogens (tertiary/aromatic N) is 2. The van der Waals surface area contributed by atoms with Gasteiger partial charge in [0.25, 0.3) is 5.91 Å². The largest absolute Gasteiger partial charge is 0.347 e. The number of hydrogen-bond donors (Lipinski definition) is 2. The molecule has 2 rings (SSSR count). The number of amides is 2. The van der Waals surface area contributed by atoms with Crippen LogP contribution in [0.2, 0.25) is 0 Å². The summed E-state index contributed by atoms with van der Waals surface area (Å²) in [5, 5.41) is 2.34. The number of anilines is 1. The zero-order chi connectivity index (χ0) is 13.3. The minimum atomic E-state index is -0.805. The molecule has 6 heteroatoms. The van der Waals surface area contributed by atoms with Crippen LogP contribution < -0.4 is 16.0 Å². The Bertz CT molecular complexity index is 499. The molecule has 0 aliphatic carbocycles. The first-order valence-corrected chi connectivity index (χ1v) is 5.71. The Kier molecular flexibility index (Phi) is 3.04. The number of hydrogen-bond acceptors (Lipinski definition) is 5. The fourth-order valence-corrected chi connectivity index (χ4v) is 2.00. The molecule has 0 bridgehead atoms. The maximum atomic E-state index is 11.9. The number of carbonyl (C=O) groups excluding carboxylic acids is 2. The van der Waals surface area contributed by atoms with Crippen molar-refractivity contribution in [1.29, 1.82) is 0 Å². The van der Waals surface area contributed by atoms with E-state index in [1.54, 1.807) is 37.2 Å². The van der Waals surface area contributed by atoms with Gasteiger partial charge < -0.3 is 10.6 Å². The molecule has 0 unspecified atom stereocenters. The summed E-state index contributed by atoms with van der Waals surface area (Å²) < 4.78 is 0. The van der Waals surface area contributed by atoms with E-state index in [2.05, 4.69) is 10.3 Å². The summed E-state index contributed by atoms with van der Waals surface area (Å²) in [6.07, 6.45) is 3.28. The topological polar surface area (TPSA) is 88.3 Å². The van der Waals surface area contributed by atoms with Crippen molar-refractivity contribution in [2.24, 2.45) is 5.73 Å². The van der Waals surface area contributed by atoms with Gasteiger partial charge in [-0.25, -0.2) is 0 Å².